The van der Waals surface area contributed by atoms with Crippen LogP contribution in [0.2, 0.25) is 10.0 Å². The molecule has 1 N–H and O–H groups in total. The molecule has 0 aromatic heterocycles. The van der Waals surface area contributed by atoms with E-state index >= 15 is 0 Å². The van der Waals surface area contributed by atoms with Crippen molar-refractivity contribution >= 4 is 46.2 Å². The van der Waals surface area contributed by atoms with Gasteiger partial charge < -0.3 is 10.1 Å². The van der Waals surface area contributed by atoms with Crippen LogP contribution in [-0.4, -0.2) is 18.4 Å². The van der Waals surface area contributed by atoms with Crippen LogP contribution in [0.25, 0.3) is 16.7 Å². The molecule has 0 fully saturated rings. The van der Waals surface area contributed by atoms with E-state index in [4.69, 9.17) is 27.9 Å². The van der Waals surface area contributed by atoms with E-state index in [0.29, 0.717) is 10.0 Å². The topological polar surface area (TPSA) is 21.3 Å². The molecule has 2 nitrogen and oxygen atoms in total. The number of anilines is 1. The highest BCUT2D eigenvalue weighted by atomic mass is 35.5. The molecule has 4 rings (SSSR count). The molecule has 0 spiro atoms. The monoisotopic (exact) mass is 455 g/mol. The van der Waals surface area contributed by atoms with Gasteiger partial charge in [0.2, 0.25) is 0 Å². The van der Waals surface area contributed by atoms with E-state index in [-0.39, 0.29) is 5.54 Å². The SMILES string of the molecule is COc1ccccc1-c1ccc2c(c1)C(CSc1cc(Cl)cc(Cl)c1)=CC(C)(C)N2. The number of methoxy groups -OCH3 is 1. The van der Waals surface area contributed by atoms with Crippen molar-refractivity contribution in [2.45, 2.75) is 24.3 Å². The van der Waals surface area contributed by atoms with Gasteiger partial charge in [0.05, 0.1) is 12.6 Å². The third kappa shape index (κ3) is 4.64. The Hall–Kier alpha value is -2.07. The number of benzene rings is 3. The lowest BCUT2D eigenvalue weighted by Gasteiger charge is -2.32. The molecule has 0 aliphatic carbocycles. The summed E-state index contributed by atoms with van der Waals surface area (Å²) < 4.78 is 5.57. The molecule has 0 saturated carbocycles. The van der Waals surface area contributed by atoms with Crippen LogP contribution in [-0.2, 0) is 0 Å². The average molecular weight is 456 g/mol. The van der Waals surface area contributed by atoms with Gasteiger partial charge in [0, 0.05) is 37.5 Å². The molecule has 1 aliphatic heterocycles. The van der Waals surface area contributed by atoms with Crippen molar-refractivity contribution in [3.8, 4) is 16.9 Å². The van der Waals surface area contributed by atoms with Gasteiger partial charge in [-0.2, -0.15) is 0 Å². The van der Waals surface area contributed by atoms with E-state index in [0.717, 1.165) is 33.2 Å². The summed E-state index contributed by atoms with van der Waals surface area (Å²) in [6.07, 6.45) is 2.31. The van der Waals surface area contributed by atoms with Gasteiger partial charge in [-0.25, -0.2) is 0 Å². The summed E-state index contributed by atoms with van der Waals surface area (Å²) in [6.45, 7) is 4.37. The van der Waals surface area contributed by atoms with Crippen molar-refractivity contribution < 1.29 is 4.74 Å². The third-order valence-electron chi connectivity index (χ3n) is 5.01. The first kappa shape index (κ1) is 21.2. The van der Waals surface area contributed by atoms with Crippen molar-refractivity contribution in [3.63, 3.8) is 0 Å². The maximum atomic E-state index is 6.18. The Morgan fingerprint density at radius 2 is 1.67 bits per heavy atom. The molecule has 154 valence electrons. The Kier molecular flexibility index (Phi) is 6.06. The Balaban J connectivity index is 1.70. The van der Waals surface area contributed by atoms with Crippen molar-refractivity contribution in [3.05, 3.63) is 82.3 Å². The van der Waals surface area contributed by atoms with Gasteiger partial charge in [0.15, 0.2) is 0 Å². The number of fused-ring (bicyclic) bond motifs is 1. The van der Waals surface area contributed by atoms with Gasteiger partial charge >= 0.3 is 0 Å². The molecule has 5 heteroatoms. The van der Waals surface area contributed by atoms with Crippen molar-refractivity contribution in [1.82, 2.24) is 0 Å². The predicted molar refractivity (Wildman–Crippen MR) is 131 cm³/mol. The molecule has 0 unspecified atom stereocenters. The summed E-state index contributed by atoms with van der Waals surface area (Å²) in [6, 6.07) is 20.3. The lowest BCUT2D eigenvalue weighted by Crippen LogP contribution is -2.32. The molecule has 3 aromatic rings. The minimum absolute atomic E-state index is 0.124. The van der Waals surface area contributed by atoms with Crippen LogP contribution >= 0.6 is 35.0 Å². The summed E-state index contributed by atoms with van der Waals surface area (Å²) in [5.41, 5.74) is 5.72. The maximum Gasteiger partial charge on any atom is 0.126 e. The van der Waals surface area contributed by atoms with E-state index in [9.17, 15) is 0 Å². The zero-order chi connectivity index (χ0) is 21.3. The van der Waals surface area contributed by atoms with Crippen LogP contribution < -0.4 is 10.1 Å². The van der Waals surface area contributed by atoms with Gasteiger partial charge in [-0.15, -0.1) is 11.8 Å². The second-order valence-electron chi connectivity index (χ2n) is 7.87. The number of halogens is 2. The van der Waals surface area contributed by atoms with E-state index in [1.165, 1.54) is 11.1 Å². The number of nitrogens with one attached hydrogen (secondary N) is 1. The van der Waals surface area contributed by atoms with E-state index in [1.807, 2.05) is 30.3 Å². The molecule has 0 atom stereocenters. The highest BCUT2D eigenvalue weighted by molar-refractivity contribution is 7.99. The zero-order valence-electron chi connectivity index (χ0n) is 17.1. The van der Waals surface area contributed by atoms with Crippen LogP contribution in [0.3, 0.4) is 0 Å². The molecule has 3 aromatic carbocycles. The number of ether oxygens (including phenoxy) is 1. The molecule has 0 bridgehead atoms. The number of para-hydroxylation sites is 1. The molecular formula is C25H23Cl2NOS. The first-order valence-corrected chi connectivity index (χ1v) is 11.5. The largest absolute Gasteiger partial charge is 0.496 e. The van der Waals surface area contributed by atoms with E-state index < -0.39 is 0 Å². The Labute approximate surface area is 192 Å². The molecule has 0 radical (unpaired) electrons. The standard InChI is InChI=1S/C25H23Cl2NOS/c1-25(2)14-17(15-30-20-12-18(26)11-19(27)13-20)22-10-16(8-9-23(22)28-25)21-6-4-5-7-24(21)29-3/h4-14,28H,15H2,1-3H3. The summed E-state index contributed by atoms with van der Waals surface area (Å²) in [5, 5.41) is 4.94. The van der Waals surface area contributed by atoms with Gasteiger partial charge in [-0.1, -0.05) is 53.5 Å². The molecule has 0 amide bonds. The quantitative estimate of drug-likeness (QED) is 0.393. The second-order valence-corrected chi connectivity index (χ2v) is 9.79. The predicted octanol–water partition coefficient (Wildman–Crippen LogP) is 8.05. The second kappa shape index (κ2) is 8.58. The van der Waals surface area contributed by atoms with Gasteiger partial charge in [-0.3, -0.25) is 0 Å². The average Bonchev–Trinajstić information content (AvgIpc) is 2.70. The summed E-state index contributed by atoms with van der Waals surface area (Å²) in [5.74, 6) is 1.69. The first-order valence-electron chi connectivity index (χ1n) is 9.71. The van der Waals surface area contributed by atoms with Crippen molar-refractivity contribution in [1.29, 1.82) is 0 Å². The lowest BCUT2D eigenvalue weighted by molar-refractivity contribution is 0.416. The maximum absolute atomic E-state index is 6.18. The molecule has 1 aliphatic rings. The summed E-state index contributed by atoms with van der Waals surface area (Å²) in [7, 11) is 1.71. The van der Waals surface area contributed by atoms with E-state index in [2.05, 4.69) is 49.5 Å². The Morgan fingerprint density at radius 3 is 2.40 bits per heavy atom. The van der Waals surface area contributed by atoms with Crippen LogP contribution in [0.1, 0.15) is 19.4 Å². The molecule has 30 heavy (non-hydrogen) atoms. The van der Waals surface area contributed by atoms with E-state index in [1.54, 1.807) is 24.9 Å². The normalized spacial score (nSPS) is 14.5. The number of hydrogen-bond acceptors (Lipinski definition) is 3. The Morgan fingerprint density at radius 1 is 0.933 bits per heavy atom. The van der Waals surface area contributed by atoms with Gasteiger partial charge in [0.1, 0.15) is 5.75 Å². The Bertz CT molecular complexity index is 1100. The highest BCUT2D eigenvalue weighted by Crippen LogP contribution is 2.40. The first-order chi connectivity index (χ1) is 14.3. The fourth-order valence-corrected chi connectivity index (χ4v) is 5.40. The van der Waals surface area contributed by atoms with Crippen molar-refractivity contribution in [2.75, 3.05) is 18.2 Å². The fraction of sp³-hybridized carbons (Fsp3) is 0.200. The van der Waals surface area contributed by atoms with Gasteiger partial charge in [0.25, 0.3) is 0 Å². The molecular weight excluding hydrogens is 433 g/mol. The minimum Gasteiger partial charge on any atom is -0.496 e. The smallest absolute Gasteiger partial charge is 0.126 e. The van der Waals surface area contributed by atoms with Crippen LogP contribution in [0, 0.1) is 0 Å². The summed E-state index contributed by atoms with van der Waals surface area (Å²) >= 11 is 14.1. The lowest BCUT2D eigenvalue weighted by atomic mass is 9.89. The number of rotatable bonds is 5. The van der Waals surface area contributed by atoms with Crippen LogP contribution in [0.15, 0.2) is 71.6 Å². The van der Waals surface area contributed by atoms with Gasteiger partial charge in [-0.05, 0) is 61.4 Å². The minimum atomic E-state index is -0.124. The zero-order valence-corrected chi connectivity index (χ0v) is 19.5. The third-order valence-corrected chi connectivity index (χ3v) is 6.47. The van der Waals surface area contributed by atoms with Crippen LogP contribution in [0.4, 0.5) is 5.69 Å². The molecule has 0 saturated heterocycles. The highest BCUT2D eigenvalue weighted by Gasteiger charge is 2.25. The number of thioether (sulfide) groups is 1. The van der Waals surface area contributed by atoms with Crippen LogP contribution in [0.5, 0.6) is 5.75 Å². The summed E-state index contributed by atoms with van der Waals surface area (Å²) in [4.78, 5) is 1.06. The van der Waals surface area contributed by atoms with Crippen molar-refractivity contribution in [2.24, 2.45) is 0 Å². The molecule has 1 heterocycles. The fourth-order valence-electron chi connectivity index (χ4n) is 3.76. The number of hydrogen-bond donors (Lipinski definition) is 1.